The topological polar surface area (TPSA) is 157 Å². The highest BCUT2D eigenvalue weighted by Crippen LogP contribution is 2.19. The van der Waals surface area contributed by atoms with E-state index >= 15 is 0 Å². The minimum atomic E-state index is -0.129. The number of aliphatic hydroxyl groups is 1. The Bertz CT molecular complexity index is 1060. The summed E-state index contributed by atoms with van der Waals surface area (Å²) < 4.78 is 1.60. The molecule has 3 aromatic rings. The highest BCUT2D eigenvalue weighted by molar-refractivity contribution is 6.35. The van der Waals surface area contributed by atoms with Crippen LogP contribution < -0.4 is 17.0 Å². The Balaban J connectivity index is 0.000000237. The van der Waals surface area contributed by atoms with Crippen molar-refractivity contribution in [2.45, 2.75) is 26.3 Å². The summed E-state index contributed by atoms with van der Waals surface area (Å²) in [4.78, 5) is 24.0. The van der Waals surface area contributed by atoms with Crippen molar-refractivity contribution in [1.29, 1.82) is 5.26 Å². The fourth-order valence-electron chi connectivity index (χ4n) is 2.53. The van der Waals surface area contributed by atoms with Crippen molar-refractivity contribution in [3.63, 3.8) is 0 Å². The average molecular weight is 402 g/mol. The molecule has 1 aromatic carbocycles. The molecule has 2 heterocycles. The summed E-state index contributed by atoms with van der Waals surface area (Å²) in [5.74, 6) is 0.966. The third-order valence-electron chi connectivity index (χ3n) is 3.89. The SMILES string of the molecule is CCc1nc2cccc(Cl)c2c(=O)n1CCCO.N#Cc1c(N)ncnc1N. The molecule has 0 aliphatic heterocycles. The van der Waals surface area contributed by atoms with E-state index in [9.17, 15) is 4.79 Å². The quantitative estimate of drug-likeness (QED) is 0.593. The van der Waals surface area contributed by atoms with E-state index in [4.69, 9.17) is 33.4 Å². The number of nitrogens with two attached hydrogens (primary N) is 2. The van der Waals surface area contributed by atoms with Gasteiger partial charge in [-0.2, -0.15) is 5.26 Å². The average Bonchev–Trinajstić information content (AvgIpc) is 2.67. The molecular formula is C18H20ClN7O2. The Hall–Kier alpha value is -3.22. The first-order valence-corrected chi connectivity index (χ1v) is 8.87. The highest BCUT2D eigenvalue weighted by Gasteiger charge is 2.11. The number of nitriles is 1. The van der Waals surface area contributed by atoms with E-state index in [-0.39, 0.29) is 29.4 Å². The zero-order chi connectivity index (χ0) is 20.7. The van der Waals surface area contributed by atoms with Crippen LogP contribution in [0.1, 0.15) is 24.7 Å². The van der Waals surface area contributed by atoms with Crippen molar-refractivity contribution >= 4 is 34.1 Å². The molecular weight excluding hydrogens is 382 g/mol. The molecule has 0 saturated carbocycles. The van der Waals surface area contributed by atoms with Crippen LogP contribution in [-0.4, -0.2) is 31.2 Å². The molecule has 0 radical (unpaired) electrons. The first-order chi connectivity index (χ1) is 13.4. The van der Waals surface area contributed by atoms with Gasteiger partial charge in [0.2, 0.25) is 0 Å². The fourth-order valence-corrected chi connectivity index (χ4v) is 2.78. The zero-order valence-electron chi connectivity index (χ0n) is 15.3. The number of halogens is 1. The van der Waals surface area contributed by atoms with Gasteiger partial charge in [-0.1, -0.05) is 24.6 Å². The number of rotatable bonds is 4. The Labute approximate surface area is 166 Å². The minimum absolute atomic E-state index is 0.0517. The Morgan fingerprint density at radius 3 is 2.50 bits per heavy atom. The number of aromatic nitrogens is 4. The number of benzene rings is 1. The molecule has 2 aromatic heterocycles. The van der Waals surface area contributed by atoms with E-state index in [0.717, 1.165) is 5.82 Å². The van der Waals surface area contributed by atoms with Crippen molar-refractivity contribution in [1.82, 2.24) is 19.5 Å². The van der Waals surface area contributed by atoms with Gasteiger partial charge in [0.25, 0.3) is 5.56 Å². The van der Waals surface area contributed by atoms with Crippen LogP contribution in [0.5, 0.6) is 0 Å². The summed E-state index contributed by atoms with van der Waals surface area (Å²) >= 11 is 6.06. The van der Waals surface area contributed by atoms with E-state index in [0.29, 0.717) is 35.3 Å². The number of aliphatic hydroxyl groups excluding tert-OH is 1. The van der Waals surface area contributed by atoms with Gasteiger partial charge in [-0.15, -0.1) is 0 Å². The lowest BCUT2D eigenvalue weighted by Gasteiger charge is -2.12. The maximum absolute atomic E-state index is 12.4. The van der Waals surface area contributed by atoms with Crippen LogP contribution in [0.15, 0.2) is 29.3 Å². The maximum atomic E-state index is 12.4. The van der Waals surface area contributed by atoms with Gasteiger partial charge in [0.05, 0.1) is 15.9 Å². The molecule has 9 nitrogen and oxygen atoms in total. The number of hydrogen-bond donors (Lipinski definition) is 3. The molecule has 0 fully saturated rings. The molecule has 0 atom stereocenters. The van der Waals surface area contributed by atoms with E-state index < -0.39 is 0 Å². The third kappa shape index (κ3) is 4.54. The second-order valence-corrected chi connectivity index (χ2v) is 6.09. The summed E-state index contributed by atoms with van der Waals surface area (Å²) in [5.41, 5.74) is 11.2. The van der Waals surface area contributed by atoms with E-state index in [1.54, 1.807) is 28.8 Å². The lowest BCUT2D eigenvalue weighted by molar-refractivity contribution is 0.278. The Morgan fingerprint density at radius 2 is 1.96 bits per heavy atom. The van der Waals surface area contributed by atoms with Gasteiger partial charge < -0.3 is 16.6 Å². The predicted octanol–water partition coefficient (Wildman–Crippen LogP) is 1.51. The number of hydrogen-bond acceptors (Lipinski definition) is 8. The zero-order valence-corrected chi connectivity index (χ0v) is 16.0. The molecule has 146 valence electrons. The standard InChI is InChI=1S/C13H15ClN2O2.C5H5N5/c1-2-11-15-10-6-3-5-9(14)12(10)13(18)16(11)7-4-8-17;6-1-3-4(7)9-2-10-5(3)8/h3,5-6,17H,2,4,7-8H2,1H3;2H,(H4,7,8,9,10). The maximum Gasteiger partial charge on any atom is 0.262 e. The molecule has 0 bridgehead atoms. The van der Waals surface area contributed by atoms with Crippen molar-refractivity contribution in [2.24, 2.45) is 0 Å². The highest BCUT2D eigenvalue weighted by atomic mass is 35.5. The van der Waals surface area contributed by atoms with Crippen molar-refractivity contribution in [3.05, 3.63) is 51.3 Å². The van der Waals surface area contributed by atoms with E-state index in [1.807, 2.05) is 6.92 Å². The number of aryl methyl sites for hydroxylation is 1. The molecule has 3 rings (SSSR count). The summed E-state index contributed by atoms with van der Waals surface area (Å²) in [6.45, 7) is 2.47. The molecule has 28 heavy (non-hydrogen) atoms. The van der Waals surface area contributed by atoms with Crippen molar-refractivity contribution < 1.29 is 5.11 Å². The van der Waals surface area contributed by atoms with Gasteiger partial charge in [0.15, 0.2) is 0 Å². The van der Waals surface area contributed by atoms with Crippen LogP contribution >= 0.6 is 11.6 Å². The molecule has 0 amide bonds. The van der Waals surface area contributed by atoms with Crippen molar-refractivity contribution in [2.75, 3.05) is 18.1 Å². The number of nitrogen functional groups attached to an aromatic ring is 2. The monoisotopic (exact) mass is 401 g/mol. The predicted molar refractivity (Wildman–Crippen MR) is 108 cm³/mol. The van der Waals surface area contributed by atoms with Gasteiger partial charge in [0.1, 0.15) is 35.4 Å². The van der Waals surface area contributed by atoms with Gasteiger partial charge in [-0.3, -0.25) is 9.36 Å². The Morgan fingerprint density at radius 1 is 1.29 bits per heavy atom. The summed E-state index contributed by atoms with van der Waals surface area (Å²) in [6.07, 6.45) is 2.42. The van der Waals surface area contributed by atoms with Crippen LogP contribution in [0.4, 0.5) is 11.6 Å². The number of anilines is 2. The number of nitrogens with zero attached hydrogens (tertiary/aromatic N) is 5. The van der Waals surface area contributed by atoms with Crippen molar-refractivity contribution in [3.8, 4) is 6.07 Å². The van der Waals surface area contributed by atoms with Crippen LogP contribution in [0.25, 0.3) is 10.9 Å². The molecule has 0 aliphatic carbocycles. The van der Waals surface area contributed by atoms with E-state index in [2.05, 4.69) is 15.0 Å². The molecule has 0 unspecified atom stereocenters. The van der Waals surface area contributed by atoms with E-state index in [1.165, 1.54) is 6.33 Å². The largest absolute Gasteiger partial charge is 0.396 e. The Kier molecular flexibility index (Phi) is 7.26. The van der Waals surface area contributed by atoms with Gasteiger partial charge >= 0.3 is 0 Å². The fraction of sp³-hybridized carbons (Fsp3) is 0.278. The van der Waals surface area contributed by atoms with Crippen LogP contribution in [0, 0.1) is 11.3 Å². The molecule has 0 aliphatic rings. The van der Waals surface area contributed by atoms with Gasteiger partial charge in [-0.05, 0) is 18.6 Å². The normalized spacial score (nSPS) is 10.2. The molecule has 5 N–H and O–H groups in total. The summed E-state index contributed by atoms with van der Waals surface area (Å²) in [6, 6.07) is 7.05. The number of fused-ring (bicyclic) bond motifs is 1. The molecule has 0 saturated heterocycles. The third-order valence-corrected chi connectivity index (χ3v) is 4.20. The van der Waals surface area contributed by atoms with Crippen LogP contribution in [-0.2, 0) is 13.0 Å². The van der Waals surface area contributed by atoms with Crippen LogP contribution in [0.2, 0.25) is 5.02 Å². The smallest absolute Gasteiger partial charge is 0.262 e. The first-order valence-electron chi connectivity index (χ1n) is 8.49. The minimum Gasteiger partial charge on any atom is -0.396 e. The summed E-state index contributed by atoms with van der Waals surface area (Å²) in [7, 11) is 0. The van der Waals surface area contributed by atoms with Gasteiger partial charge in [0, 0.05) is 19.6 Å². The second kappa shape index (κ2) is 9.64. The molecule has 0 spiro atoms. The molecule has 10 heteroatoms. The summed E-state index contributed by atoms with van der Waals surface area (Å²) in [5, 5.41) is 18.2. The second-order valence-electron chi connectivity index (χ2n) is 5.68. The lowest BCUT2D eigenvalue weighted by atomic mass is 10.2. The van der Waals surface area contributed by atoms with Gasteiger partial charge in [-0.25, -0.2) is 15.0 Å². The van der Waals surface area contributed by atoms with Crippen LogP contribution in [0.3, 0.4) is 0 Å². The first kappa shape index (κ1) is 21.1. The lowest BCUT2D eigenvalue weighted by Crippen LogP contribution is -2.26.